The molecule has 5 rings (SSSR count). The quantitative estimate of drug-likeness (QED) is 0.212. The molecule has 1 aromatic carbocycles. The Bertz CT molecular complexity index is 1730. The summed E-state index contributed by atoms with van der Waals surface area (Å²) in [5.41, 5.74) is 0.558. The lowest BCUT2D eigenvalue weighted by Crippen LogP contribution is -2.56. The molecule has 300 valence electrons. The van der Waals surface area contributed by atoms with E-state index in [4.69, 9.17) is 14.2 Å². The topological polar surface area (TPSA) is 177 Å². The summed E-state index contributed by atoms with van der Waals surface area (Å²) in [4.78, 5) is 88.7. The number of hydrogen-bond acceptors (Lipinski definition) is 10. The molecule has 55 heavy (non-hydrogen) atoms. The maximum Gasteiger partial charge on any atom is 0.409 e. The fraction of sp³-hybridized carbons (Fsp3) is 0.625. The monoisotopic (exact) mass is 764 g/mol. The number of unbranched alkanes of at least 4 members (excludes halogenated alkanes) is 1. The summed E-state index contributed by atoms with van der Waals surface area (Å²) < 4.78 is 16.9. The minimum Gasteiger partial charge on any atom is -0.483 e. The van der Waals surface area contributed by atoms with Gasteiger partial charge in [0, 0.05) is 56.6 Å². The summed E-state index contributed by atoms with van der Waals surface area (Å²) in [5, 5.41) is 6.43. The van der Waals surface area contributed by atoms with Crippen LogP contribution in [0.4, 0.5) is 4.79 Å². The molecule has 0 radical (unpaired) electrons. The van der Waals surface area contributed by atoms with E-state index in [0.29, 0.717) is 36.9 Å². The number of carbonyl (C=O) groups excluding carboxylic acids is 6. The van der Waals surface area contributed by atoms with Crippen LogP contribution in [0.3, 0.4) is 0 Å². The molecule has 2 saturated heterocycles. The Kier molecular flexibility index (Phi) is 13.9. The van der Waals surface area contributed by atoms with E-state index in [1.807, 2.05) is 19.9 Å². The van der Waals surface area contributed by atoms with Crippen molar-refractivity contribution >= 4 is 46.6 Å². The van der Waals surface area contributed by atoms with Gasteiger partial charge in [0.05, 0.1) is 12.1 Å². The Balaban J connectivity index is 1.30. The molecule has 2 atom stereocenters. The molecular formula is C40H56N6O9. The summed E-state index contributed by atoms with van der Waals surface area (Å²) in [6.45, 7) is 10.5. The number of hydrogen-bond donors (Lipinski definition) is 2. The van der Waals surface area contributed by atoms with Gasteiger partial charge < -0.3 is 39.5 Å². The summed E-state index contributed by atoms with van der Waals surface area (Å²) in [6.07, 6.45) is 5.36. The van der Waals surface area contributed by atoms with E-state index < -0.39 is 41.6 Å². The van der Waals surface area contributed by atoms with Crippen LogP contribution in [0, 0.1) is 6.92 Å². The smallest absolute Gasteiger partial charge is 0.409 e. The molecule has 0 spiro atoms. The lowest BCUT2D eigenvalue weighted by molar-refractivity contribution is -0.155. The molecule has 2 N–H and O–H groups in total. The number of piperazine rings is 1. The van der Waals surface area contributed by atoms with Crippen LogP contribution in [0.5, 0.6) is 5.75 Å². The van der Waals surface area contributed by atoms with Crippen LogP contribution in [-0.2, 0) is 28.7 Å². The maximum absolute atomic E-state index is 13.9. The second kappa shape index (κ2) is 18.6. The molecule has 0 bridgehead atoms. The standard InChI is InChI=1S/C40H56N6O9/c1-6-7-22-53-39(52)45-20-18-44(19-21-45)38(51)29(15-16-35(48)55-40(3,4)5)43-36(49)31-24-33(28-14-13-26(2)23-30(28)42-31)54-25-34(47)46-17-9-12-32(46)37(50)41-27-10-8-11-27/h13-14,23-24,27,29,32H,6-12,15-22,25H2,1-5H3,(H,41,50)(H,43,49). The second-order valence-electron chi connectivity index (χ2n) is 15.6. The van der Waals surface area contributed by atoms with Gasteiger partial charge in [0.15, 0.2) is 6.61 Å². The number of pyridine rings is 1. The van der Waals surface area contributed by atoms with Crippen molar-refractivity contribution in [3.63, 3.8) is 0 Å². The van der Waals surface area contributed by atoms with Crippen LogP contribution < -0.4 is 15.4 Å². The Morgan fingerprint density at radius 2 is 1.67 bits per heavy atom. The SMILES string of the molecule is CCCCOC(=O)N1CCN(C(=O)C(CCC(=O)OC(C)(C)C)NC(=O)c2cc(OCC(=O)N3CCCC3C(=O)NC3CCC3)c3ccc(C)cc3n2)CC1. The van der Waals surface area contributed by atoms with Crippen LogP contribution in [0.25, 0.3) is 10.9 Å². The number of fused-ring (bicyclic) bond motifs is 1. The summed E-state index contributed by atoms with van der Waals surface area (Å²) in [6, 6.07) is 5.41. The van der Waals surface area contributed by atoms with Gasteiger partial charge in [-0.05, 0) is 90.3 Å². The molecule has 1 saturated carbocycles. The minimum absolute atomic E-state index is 0.0331. The number of ether oxygens (including phenoxy) is 3. The molecule has 1 aliphatic carbocycles. The number of rotatable bonds is 14. The fourth-order valence-corrected chi connectivity index (χ4v) is 6.82. The van der Waals surface area contributed by atoms with Gasteiger partial charge in [-0.15, -0.1) is 0 Å². The molecule has 2 aromatic rings. The first kappa shape index (κ1) is 41.2. The highest BCUT2D eigenvalue weighted by atomic mass is 16.6. The van der Waals surface area contributed by atoms with Crippen LogP contribution in [0.2, 0.25) is 0 Å². The van der Waals surface area contributed by atoms with Crippen LogP contribution >= 0.6 is 0 Å². The number of benzene rings is 1. The largest absolute Gasteiger partial charge is 0.483 e. The van der Waals surface area contributed by atoms with Gasteiger partial charge in [-0.2, -0.15) is 0 Å². The van der Waals surface area contributed by atoms with Crippen molar-refractivity contribution in [3.8, 4) is 5.75 Å². The number of nitrogens with zero attached hydrogens (tertiary/aromatic N) is 4. The second-order valence-corrected chi connectivity index (χ2v) is 15.6. The Morgan fingerprint density at radius 1 is 0.945 bits per heavy atom. The molecule has 1 aromatic heterocycles. The Morgan fingerprint density at radius 3 is 2.35 bits per heavy atom. The van der Waals surface area contributed by atoms with E-state index in [1.54, 1.807) is 47.6 Å². The third kappa shape index (κ3) is 11.3. The molecule has 3 heterocycles. The van der Waals surface area contributed by atoms with E-state index in [1.165, 1.54) is 6.07 Å². The Hall–Kier alpha value is -4.95. The number of aryl methyl sites for hydroxylation is 1. The fourth-order valence-electron chi connectivity index (χ4n) is 6.82. The highest BCUT2D eigenvalue weighted by Gasteiger charge is 2.36. The zero-order chi connectivity index (χ0) is 39.7. The number of carbonyl (C=O) groups is 6. The Labute approximate surface area is 322 Å². The molecular weight excluding hydrogens is 708 g/mol. The number of nitrogens with one attached hydrogen (secondary N) is 2. The lowest BCUT2D eigenvalue weighted by Gasteiger charge is -2.36. The predicted molar refractivity (Wildman–Crippen MR) is 203 cm³/mol. The van der Waals surface area contributed by atoms with E-state index in [9.17, 15) is 28.8 Å². The van der Waals surface area contributed by atoms with Gasteiger partial charge in [0.1, 0.15) is 29.1 Å². The van der Waals surface area contributed by atoms with Gasteiger partial charge in [-0.25, -0.2) is 9.78 Å². The highest BCUT2D eigenvalue weighted by molar-refractivity contribution is 5.99. The molecule has 2 unspecified atom stereocenters. The van der Waals surface area contributed by atoms with Crippen molar-refractivity contribution < 1.29 is 43.0 Å². The molecule has 5 amide bonds. The minimum atomic E-state index is -1.11. The number of aromatic nitrogens is 1. The molecule has 3 fully saturated rings. The van der Waals surface area contributed by atoms with Crippen LogP contribution in [-0.4, -0.2) is 125 Å². The van der Waals surface area contributed by atoms with Gasteiger partial charge in [0.25, 0.3) is 11.8 Å². The van der Waals surface area contributed by atoms with E-state index >= 15 is 0 Å². The number of esters is 1. The van der Waals surface area contributed by atoms with E-state index in [-0.39, 0.29) is 74.9 Å². The molecule has 3 aliphatic rings. The predicted octanol–water partition coefficient (Wildman–Crippen LogP) is 3.88. The van der Waals surface area contributed by atoms with Crippen molar-refractivity contribution in [1.29, 1.82) is 0 Å². The van der Waals surface area contributed by atoms with Crippen LogP contribution in [0.15, 0.2) is 24.3 Å². The zero-order valence-electron chi connectivity index (χ0n) is 32.8. The summed E-state index contributed by atoms with van der Waals surface area (Å²) in [7, 11) is 0. The highest BCUT2D eigenvalue weighted by Crippen LogP contribution is 2.28. The van der Waals surface area contributed by atoms with Gasteiger partial charge in [-0.1, -0.05) is 19.4 Å². The number of amides is 5. The maximum atomic E-state index is 13.9. The van der Waals surface area contributed by atoms with Crippen molar-refractivity contribution in [3.05, 3.63) is 35.5 Å². The molecule has 15 nitrogen and oxygen atoms in total. The molecule has 15 heteroatoms. The average molecular weight is 765 g/mol. The van der Waals surface area contributed by atoms with Gasteiger partial charge >= 0.3 is 12.1 Å². The zero-order valence-corrected chi connectivity index (χ0v) is 32.8. The first-order valence-electron chi connectivity index (χ1n) is 19.6. The van der Waals surface area contributed by atoms with Crippen molar-refractivity contribution in [2.45, 2.75) is 116 Å². The van der Waals surface area contributed by atoms with E-state index in [0.717, 1.165) is 37.7 Å². The summed E-state index contributed by atoms with van der Waals surface area (Å²) >= 11 is 0. The van der Waals surface area contributed by atoms with Crippen LogP contribution in [0.1, 0.15) is 102 Å². The first-order valence-corrected chi connectivity index (χ1v) is 19.6. The summed E-state index contributed by atoms with van der Waals surface area (Å²) in [5.74, 6) is -1.82. The lowest BCUT2D eigenvalue weighted by atomic mass is 9.93. The third-order valence-corrected chi connectivity index (χ3v) is 10.1. The van der Waals surface area contributed by atoms with Gasteiger partial charge in [-0.3, -0.25) is 24.0 Å². The normalized spacial score (nSPS) is 18.0. The van der Waals surface area contributed by atoms with Gasteiger partial charge in [0.2, 0.25) is 11.8 Å². The van der Waals surface area contributed by atoms with Crippen molar-refractivity contribution in [2.24, 2.45) is 0 Å². The third-order valence-electron chi connectivity index (χ3n) is 10.1. The van der Waals surface area contributed by atoms with E-state index in [2.05, 4.69) is 15.6 Å². The van der Waals surface area contributed by atoms with Crippen molar-refractivity contribution in [1.82, 2.24) is 30.3 Å². The average Bonchev–Trinajstić information content (AvgIpc) is 3.63. The first-order chi connectivity index (χ1) is 26.2. The number of likely N-dealkylation sites (tertiary alicyclic amines) is 1. The molecule has 2 aliphatic heterocycles. The van der Waals surface area contributed by atoms with Crippen molar-refractivity contribution in [2.75, 3.05) is 45.9 Å².